The molecule has 1 aromatic carbocycles. The van der Waals surface area contributed by atoms with E-state index in [0.29, 0.717) is 0 Å². The van der Waals surface area contributed by atoms with Crippen LogP contribution < -0.4 is 10.2 Å². The number of nitrogens with one attached hydrogen (secondary N) is 1. The molecule has 2 rings (SSSR count). The number of benzene rings is 1. The Balaban J connectivity index is 0.00000200. The zero-order chi connectivity index (χ0) is 13.8. The number of amidine groups is 1. The van der Waals surface area contributed by atoms with Gasteiger partial charge in [0.1, 0.15) is 17.8 Å². The van der Waals surface area contributed by atoms with Gasteiger partial charge in [-0.3, -0.25) is 5.32 Å². The first-order chi connectivity index (χ1) is 9.13. The summed E-state index contributed by atoms with van der Waals surface area (Å²) >= 11 is 0. The molecular formula is C15H23IN4. The third-order valence-electron chi connectivity index (χ3n) is 3.41. The molecule has 5 heteroatoms. The molecule has 0 saturated carbocycles. The minimum Gasteiger partial charge on any atom is -0.344 e. The second-order valence-electron chi connectivity index (χ2n) is 4.69. The van der Waals surface area contributed by atoms with Crippen LogP contribution in [0, 0.1) is 0 Å². The van der Waals surface area contributed by atoms with Crippen molar-refractivity contribution in [2.45, 2.75) is 20.0 Å². The van der Waals surface area contributed by atoms with Crippen molar-refractivity contribution in [3.63, 3.8) is 0 Å². The summed E-state index contributed by atoms with van der Waals surface area (Å²) in [4.78, 5) is 8.92. The molecule has 1 heterocycles. The zero-order valence-corrected chi connectivity index (χ0v) is 14.8. The van der Waals surface area contributed by atoms with Crippen LogP contribution in [-0.2, 0) is 0 Å². The summed E-state index contributed by atoms with van der Waals surface area (Å²) in [6.45, 7) is 5.08. The molecule has 0 bridgehead atoms. The normalized spacial score (nSPS) is 18.0. The fraction of sp³-hybridized carbons (Fsp3) is 0.400. The first-order valence-electron chi connectivity index (χ1n) is 6.65. The lowest BCUT2D eigenvalue weighted by Crippen LogP contribution is -2.47. The molecule has 0 aromatic heterocycles. The minimum absolute atomic E-state index is 0. The number of likely N-dealkylation sites (N-methyl/N-ethyl adjacent to an activating group) is 2. The molecule has 0 saturated heterocycles. The second-order valence-corrected chi connectivity index (χ2v) is 4.69. The molecule has 1 aliphatic heterocycles. The Hall–Kier alpha value is -1.08. The molecule has 1 unspecified atom stereocenters. The van der Waals surface area contributed by atoms with Crippen molar-refractivity contribution in [3.8, 4) is 0 Å². The van der Waals surface area contributed by atoms with Crippen molar-refractivity contribution in [1.29, 1.82) is 0 Å². The third kappa shape index (κ3) is 3.73. The van der Waals surface area contributed by atoms with Crippen LogP contribution in [0.3, 0.4) is 0 Å². The van der Waals surface area contributed by atoms with Gasteiger partial charge in [0, 0.05) is 19.8 Å². The lowest BCUT2D eigenvalue weighted by molar-refractivity contribution is 0.357. The minimum atomic E-state index is 0. The van der Waals surface area contributed by atoms with E-state index in [0.717, 1.165) is 23.9 Å². The van der Waals surface area contributed by atoms with Gasteiger partial charge in [0.05, 0.1) is 0 Å². The van der Waals surface area contributed by atoms with Crippen molar-refractivity contribution in [3.05, 3.63) is 42.2 Å². The van der Waals surface area contributed by atoms with Gasteiger partial charge < -0.3 is 9.80 Å². The third-order valence-corrected chi connectivity index (χ3v) is 3.41. The first kappa shape index (κ1) is 17.0. The smallest absolute Gasteiger partial charge is 0.134 e. The van der Waals surface area contributed by atoms with Gasteiger partial charge in [0.15, 0.2) is 0 Å². The maximum Gasteiger partial charge on any atom is 0.134 e. The van der Waals surface area contributed by atoms with E-state index >= 15 is 0 Å². The number of hydrogen-bond acceptors (Lipinski definition) is 4. The number of halogens is 1. The van der Waals surface area contributed by atoms with Crippen LogP contribution in [0.2, 0.25) is 0 Å². The monoisotopic (exact) mass is 386 g/mol. The molecule has 20 heavy (non-hydrogen) atoms. The summed E-state index contributed by atoms with van der Waals surface area (Å²) in [5, 5.41) is 3.44. The Morgan fingerprint density at radius 3 is 2.55 bits per heavy atom. The van der Waals surface area contributed by atoms with Crippen LogP contribution in [0.1, 0.15) is 13.8 Å². The highest BCUT2D eigenvalue weighted by molar-refractivity contribution is 14.0. The quantitative estimate of drug-likeness (QED) is 0.808. The molecule has 0 amide bonds. The van der Waals surface area contributed by atoms with Crippen molar-refractivity contribution >= 4 is 35.5 Å². The predicted molar refractivity (Wildman–Crippen MR) is 96.7 cm³/mol. The highest BCUT2D eigenvalue weighted by Crippen LogP contribution is 2.21. The Morgan fingerprint density at radius 2 is 1.95 bits per heavy atom. The zero-order valence-electron chi connectivity index (χ0n) is 12.5. The fourth-order valence-corrected chi connectivity index (χ4v) is 2.11. The maximum absolute atomic E-state index is 4.66. The van der Waals surface area contributed by atoms with Crippen molar-refractivity contribution < 1.29 is 0 Å². The molecule has 1 N–H and O–H groups in total. The predicted octanol–water partition coefficient (Wildman–Crippen LogP) is 2.88. The second kappa shape index (κ2) is 7.64. The average Bonchev–Trinajstić information content (AvgIpc) is 2.44. The number of rotatable bonds is 4. The molecule has 1 aliphatic rings. The van der Waals surface area contributed by atoms with Gasteiger partial charge in [0.25, 0.3) is 0 Å². The molecule has 0 radical (unpaired) electrons. The number of hydrogen-bond donors (Lipinski definition) is 1. The fourth-order valence-electron chi connectivity index (χ4n) is 2.11. The van der Waals surface area contributed by atoms with E-state index in [9.17, 15) is 0 Å². The van der Waals surface area contributed by atoms with Gasteiger partial charge >= 0.3 is 0 Å². The van der Waals surface area contributed by atoms with E-state index in [1.165, 1.54) is 0 Å². The van der Waals surface area contributed by atoms with Gasteiger partial charge in [-0.25, -0.2) is 4.99 Å². The largest absolute Gasteiger partial charge is 0.344 e. The molecule has 0 spiro atoms. The van der Waals surface area contributed by atoms with E-state index in [2.05, 4.69) is 52.3 Å². The van der Waals surface area contributed by atoms with Gasteiger partial charge in [-0.1, -0.05) is 25.1 Å². The summed E-state index contributed by atoms with van der Waals surface area (Å²) in [6, 6.07) is 10.3. The topological polar surface area (TPSA) is 30.9 Å². The number of nitrogens with zero attached hydrogens (tertiary/aromatic N) is 3. The van der Waals surface area contributed by atoms with Gasteiger partial charge in [0.2, 0.25) is 0 Å². The Kier molecular flexibility index (Phi) is 6.48. The molecule has 1 atom stereocenters. The lowest BCUT2D eigenvalue weighted by Gasteiger charge is -2.34. The number of anilines is 1. The van der Waals surface area contributed by atoms with Crippen molar-refractivity contribution in [2.24, 2.45) is 4.99 Å². The standard InChI is InChI=1S/C15H22N4.HI/c1-5-16-14-11-15(17-12(2)18(14)3)19(4)13-9-7-6-8-10-13;/h6-11,14,16H,5H2,1-4H3;1H. The van der Waals surface area contributed by atoms with Gasteiger partial charge in [-0.15, -0.1) is 24.0 Å². The van der Waals surface area contributed by atoms with E-state index in [1.54, 1.807) is 0 Å². The van der Waals surface area contributed by atoms with Crippen LogP contribution >= 0.6 is 24.0 Å². The van der Waals surface area contributed by atoms with Crippen LogP contribution in [0.5, 0.6) is 0 Å². The van der Waals surface area contributed by atoms with Gasteiger partial charge in [-0.2, -0.15) is 0 Å². The van der Waals surface area contributed by atoms with Gasteiger partial charge in [-0.05, 0) is 31.7 Å². The van der Waals surface area contributed by atoms with Crippen LogP contribution in [-0.4, -0.2) is 37.5 Å². The van der Waals surface area contributed by atoms with E-state index in [1.807, 2.05) is 32.2 Å². The molecule has 0 fully saturated rings. The Bertz CT molecular complexity index is 484. The summed E-state index contributed by atoms with van der Waals surface area (Å²) in [6.07, 6.45) is 2.35. The molecule has 0 aliphatic carbocycles. The summed E-state index contributed by atoms with van der Waals surface area (Å²) in [7, 11) is 4.11. The van der Waals surface area contributed by atoms with E-state index in [-0.39, 0.29) is 30.1 Å². The Labute approximate surface area is 138 Å². The van der Waals surface area contributed by atoms with E-state index < -0.39 is 0 Å². The SMILES string of the molecule is CCNC1C=C(N(C)c2ccccc2)N=C(C)N1C.I. The number of aliphatic imine (C=N–C) groups is 1. The summed E-state index contributed by atoms with van der Waals surface area (Å²) in [5.41, 5.74) is 1.14. The van der Waals surface area contributed by atoms with Crippen molar-refractivity contribution in [1.82, 2.24) is 10.2 Å². The van der Waals surface area contributed by atoms with Crippen LogP contribution in [0.15, 0.2) is 47.2 Å². The first-order valence-corrected chi connectivity index (χ1v) is 6.65. The van der Waals surface area contributed by atoms with E-state index in [4.69, 9.17) is 0 Å². The summed E-state index contributed by atoms with van der Waals surface area (Å²) < 4.78 is 0. The highest BCUT2D eigenvalue weighted by atomic mass is 127. The molecular weight excluding hydrogens is 363 g/mol. The number of para-hydroxylation sites is 1. The molecule has 1 aromatic rings. The molecule has 110 valence electrons. The Morgan fingerprint density at radius 1 is 1.30 bits per heavy atom. The average molecular weight is 386 g/mol. The van der Waals surface area contributed by atoms with Crippen LogP contribution in [0.4, 0.5) is 5.69 Å². The maximum atomic E-state index is 4.66. The molecule has 4 nitrogen and oxygen atoms in total. The summed E-state index contributed by atoms with van der Waals surface area (Å²) in [5.74, 6) is 2.00. The lowest BCUT2D eigenvalue weighted by atomic mass is 10.2. The van der Waals surface area contributed by atoms with Crippen LogP contribution in [0.25, 0.3) is 0 Å². The van der Waals surface area contributed by atoms with Crippen molar-refractivity contribution in [2.75, 3.05) is 25.5 Å². The highest BCUT2D eigenvalue weighted by Gasteiger charge is 2.20.